The third kappa shape index (κ3) is 3.71. The van der Waals surface area contributed by atoms with Crippen molar-refractivity contribution in [2.24, 2.45) is 0 Å². The van der Waals surface area contributed by atoms with Crippen molar-refractivity contribution in [3.63, 3.8) is 0 Å². The second-order valence-corrected chi connectivity index (χ2v) is 7.61. The lowest BCUT2D eigenvalue weighted by atomic mass is 10.1. The maximum atomic E-state index is 11.6. The Labute approximate surface area is 123 Å². The smallest absolute Gasteiger partial charge is 0.151 e. The fraction of sp³-hybridized carbons (Fsp3) is 0.538. The molecule has 0 aromatic heterocycles. The lowest BCUT2D eigenvalue weighted by Crippen LogP contribution is -2.41. The average molecular weight is 320 g/mol. The topological polar surface area (TPSA) is 77.8 Å². The van der Waals surface area contributed by atoms with Crippen molar-refractivity contribution in [3.8, 4) is 0 Å². The molecule has 0 saturated carbocycles. The molecule has 1 aliphatic heterocycles. The summed E-state index contributed by atoms with van der Waals surface area (Å²) in [6.07, 6.45) is -0.467. The van der Waals surface area contributed by atoms with E-state index in [0.29, 0.717) is 17.0 Å². The summed E-state index contributed by atoms with van der Waals surface area (Å²) in [4.78, 5) is 1.63. The third-order valence-electron chi connectivity index (χ3n) is 3.52. The van der Waals surface area contributed by atoms with Crippen LogP contribution in [-0.2, 0) is 9.84 Å². The molecule has 1 saturated heterocycles. The van der Waals surface area contributed by atoms with E-state index in [0.717, 1.165) is 0 Å². The van der Waals surface area contributed by atoms with E-state index in [1.807, 2.05) is 0 Å². The Kier molecular flexibility index (Phi) is 5.04. The summed E-state index contributed by atoms with van der Waals surface area (Å²) >= 11 is 5.81. The molecule has 20 heavy (non-hydrogen) atoms. The van der Waals surface area contributed by atoms with Gasteiger partial charge in [-0.15, -0.1) is 0 Å². The number of sulfone groups is 1. The van der Waals surface area contributed by atoms with Gasteiger partial charge in [0.2, 0.25) is 0 Å². The van der Waals surface area contributed by atoms with E-state index in [9.17, 15) is 13.5 Å². The molecule has 2 atom stereocenters. The lowest BCUT2D eigenvalue weighted by molar-refractivity contribution is -0.0298. The molecular weight excluding hydrogens is 302 g/mol. The predicted molar refractivity (Wildman–Crippen MR) is 77.3 cm³/mol. The molecule has 0 spiro atoms. The first-order valence-corrected chi connectivity index (χ1v) is 8.63. The second-order valence-electron chi connectivity index (χ2n) is 4.94. The maximum Gasteiger partial charge on any atom is 0.151 e. The standard InChI is InChI=1S/C13H18ClNO4S/c14-11-3-1-10(2-4-11)13(17)15(6-7-16)12-5-8-20(18,19)9-12/h1-4,12-13,16-17H,5-9H2/t12-,13+/m0/s1. The van der Waals surface area contributed by atoms with Crippen molar-refractivity contribution in [1.29, 1.82) is 0 Å². The van der Waals surface area contributed by atoms with Crippen molar-refractivity contribution in [3.05, 3.63) is 34.9 Å². The molecule has 112 valence electrons. The van der Waals surface area contributed by atoms with Gasteiger partial charge in [0.25, 0.3) is 0 Å². The van der Waals surface area contributed by atoms with Crippen LogP contribution in [0, 0.1) is 0 Å². The number of aliphatic hydroxyl groups excluding tert-OH is 2. The Hall–Kier alpha value is -0.660. The van der Waals surface area contributed by atoms with Gasteiger partial charge in [-0.2, -0.15) is 0 Å². The molecule has 0 amide bonds. The fourth-order valence-electron chi connectivity index (χ4n) is 2.48. The van der Waals surface area contributed by atoms with Gasteiger partial charge < -0.3 is 10.2 Å². The van der Waals surface area contributed by atoms with Crippen LogP contribution in [0.15, 0.2) is 24.3 Å². The van der Waals surface area contributed by atoms with Crippen LogP contribution in [0.5, 0.6) is 0 Å². The molecule has 2 rings (SSSR count). The zero-order valence-electron chi connectivity index (χ0n) is 10.9. The first-order chi connectivity index (χ1) is 9.43. The number of hydrogen-bond acceptors (Lipinski definition) is 5. The second kappa shape index (κ2) is 6.41. The van der Waals surface area contributed by atoms with Crippen molar-refractivity contribution in [2.45, 2.75) is 18.7 Å². The molecule has 0 unspecified atom stereocenters. The van der Waals surface area contributed by atoms with Gasteiger partial charge in [-0.05, 0) is 24.1 Å². The summed E-state index contributed by atoms with van der Waals surface area (Å²) in [5, 5.41) is 20.1. The van der Waals surface area contributed by atoms with Crippen LogP contribution in [0.3, 0.4) is 0 Å². The van der Waals surface area contributed by atoms with Gasteiger partial charge in [-0.1, -0.05) is 23.7 Å². The van der Waals surface area contributed by atoms with E-state index >= 15 is 0 Å². The fourth-order valence-corrected chi connectivity index (χ4v) is 4.35. The van der Waals surface area contributed by atoms with Gasteiger partial charge in [0.15, 0.2) is 9.84 Å². The zero-order valence-corrected chi connectivity index (χ0v) is 12.5. The number of benzene rings is 1. The molecule has 1 aromatic carbocycles. The highest BCUT2D eigenvalue weighted by Gasteiger charge is 2.35. The Balaban J connectivity index is 2.17. The van der Waals surface area contributed by atoms with Crippen LogP contribution in [-0.4, -0.2) is 54.2 Å². The first-order valence-electron chi connectivity index (χ1n) is 6.43. The molecule has 5 nitrogen and oxygen atoms in total. The van der Waals surface area contributed by atoms with E-state index in [-0.39, 0.29) is 30.7 Å². The van der Waals surface area contributed by atoms with E-state index < -0.39 is 16.1 Å². The number of nitrogens with zero attached hydrogens (tertiary/aromatic N) is 1. The normalized spacial score (nSPS) is 23.1. The minimum atomic E-state index is -3.04. The number of aliphatic hydroxyl groups is 2. The number of hydrogen-bond donors (Lipinski definition) is 2. The Morgan fingerprint density at radius 1 is 1.35 bits per heavy atom. The molecule has 0 aliphatic carbocycles. The number of rotatable bonds is 5. The Bertz CT molecular complexity index is 546. The molecule has 2 N–H and O–H groups in total. The monoisotopic (exact) mass is 319 g/mol. The van der Waals surface area contributed by atoms with Gasteiger partial charge >= 0.3 is 0 Å². The van der Waals surface area contributed by atoms with Crippen LogP contribution in [0.4, 0.5) is 0 Å². The van der Waals surface area contributed by atoms with Crippen LogP contribution in [0.2, 0.25) is 5.02 Å². The van der Waals surface area contributed by atoms with Crippen LogP contribution in [0.1, 0.15) is 18.2 Å². The van der Waals surface area contributed by atoms with E-state index in [2.05, 4.69) is 0 Å². The van der Waals surface area contributed by atoms with E-state index in [4.69, 9.17) is 16.7 Å². The summed E-state index contributed by atoms with van der Waals surface area (Å²) in [7, 11) is -3.04. The first kappa shape index (κ1) is 15.7. The molecule has 1 aliphatic rings. The molecule has 1 heterocycles. The van der Waals surface area contributed by atoms with Gasteiger partial charge in [0.1, 0.15) is 6.23 Å². The van der Waals surface area contributed by atoms with Gasteiger partial charge in [0, 0.05) is 17.6 Å². The Morgan fingerprint density at radius 3 is 2.50 bits per heavy atom. The highest BCUT2D eigenvalue weighted by atomic mass is 35.5. The summed E-state index contributed by atoms with van der Waals surface area (Å²) in [5.41, 5.74) is 0.632. The van der Waals surface area contributed by atoms with E-state index in [1.165, 1.54) is 0 Å². The summed E-state index contributed by atoms with van der Waals surface area (Å²) in [6.45, 7) is 0.0885. The quantitative estimate of drug-likeness (QED) is 0.785. The highest BCUT2D eigenvalue weighted by Crippen LogP contribution is 2.26. The SMILES string of the molecule is O=S1(=O)CC[C@H](N(CCO)[C@H](O)c2ccc(Cl)cc2)C1. The Morgan fingerprint density at radius 2 is 2.00 bits per heavy atom. The van der Waals surface area contributed by atoms with Crippen LogP contribution in [0.25, 0.3) is 0 Å². The third-order valence-corrected chi connectivity index (χ3v) is 5.52. The molecule has 1 fully saturated rings. The molecular formula is C13H18ClNO4S. The van der Waals surface area contributed by atoms with E-state index in [1.54, 1.807) is 29.2 Å². The number of halogens is 1. The van der Waals surface area contributed by atoms with Crippen molar-refractivity contribution in [2.75, 3.05) is 24.7 Å². The van der Waals surface area contributed by atoms with Crippen LogP contribution >= 0.6 is 11.6 Å². The molecule has 0 bridgehead atoms. The minimum absolute atomic E-state index is 0.0254. The van der Waals surface area contributed by atoms with Gasteiger partial charge in [-0.25, -0.2) is 8.42 Å². The predicted octanol–water partition coefficient (Wildman–Crippen LogP) is 0.812. The average Bonchev–Trinajstić information content (AvgIpc) is 2.76. The van der Waals surface area contributed by atoms with Crippen molar-refractivity contribution < 1.29 is 18.6 Å². The summed E-state index contributed by atoms with van der Waals surface area (Å²) in [6, 6.07) is 6.46. The van der Waals surface area contributed by atoms with Gasteiger partial charge in [0.05, 0.1) is 18.1 Å². The minimum Gasteiger partial charge on any atom is -0.395 e. The van der Waals surface area contributed by atoms with Crippen molar-refractivity contribution in [1.82, 2.24) is 4.90 Å². The lowest BCUT2D eigenvalue weighted by Gasteiger charge is -2.32. The molecule has 1 aromatic rings. The largest absolute Gasteiger partial charge is 0.395 e. The summed E-state index contributed by atoms with van der Waals surface area (Å²) in [5.74, 6) is 0.157. The summed E-state index contributed by atoms with van der Waals surface area (Å²) < 4.78 is 23.1. The van der Waals surface area contributed by atoms with Crippen molar-refractivity contribution >= 4 is 21.4 Å². The molecule has 7 heteroatoms. The van der Waals surface area contributed by atoms with Gasteiger partial charge in [-0.3, -0.25) is 4.90 Å². The molecule has 0 radical (unpaired) electrons. The van der Waals surface area contributed by atoms with Crippen LogP contribution < -0.4 is 0 Å². The maximum absolute atomic E-state index is 11.6. The zero-order chi connectivity index (χ0) is 14.8. The highest BCUT2D eigenvalue weighted by molar-refractivity contribution is 7.91.